The number of nitrogens with one attached hydrogen (secondary N) is 2. The topological polar surface area (TPSA) is 64.1 Å². The molecule has 0 bridgehead atoms. The Bertz CT molecular complexity index is 711. The van der Waals surface area contributed by atoms with E-state index in [0.29, 0.717) is 26.3 Å². The fraction of sp³-hybridized carbons (Fsp3) is 0.381. The summed E-state index contributed by atoms with van der Waals surface area (Å²) in [5.74, 6) is 3.08. The van der Waals surface area contributed by atoms with Crippen LogP contribution in [0.3, 0.4) is 0 Å². The largest absolute Gasteiger partial charge is 0.493 e. The van der Waals surface area contributed by atoms with Crippen LogP contribution in [0.4, 0.5) is 0 Å². The lowest BCUT2D eigenvalue weighted by atomic mass is 10.2. The molecule has 0 amide bonds. The van der Waals surface area contributed by atoms with Crippen LogP contribution in [0.15, 0.2) is 53.5 Å². The second kappa shape index (κ2) is 13.9. The lowest BCUT2D eigenvalue weighted by molar-refractivity contribution is 0.310. The quantitative estimate of drug-likeness (QED) is 0.225. The van der Waals surface area contributed by atoms with Gasteiger partial charge in [-0.15, -0.1) is 24.0 Å². The Morgan fingerprint density at radius 2 is 1.75 bits per heavy atom. The molecule has 28 heavy (non-hydrogen) atoms. The van der Waals surface area contributed by atoms with E-state index in [1.54, 1.807) is 7.11 Å². The molecule has 0 spiro atoms. The standard InChI is InChI=1S/C21H29N3O3.HI/c1-4-22-21(23-13-14-27-18-9-7-6-8-10-18)24-16-17-11-12-19(26-5-2)20(15-17)25-3;/h6-12,15H,4-5,13-14,16H2,1-3H3,(H2,22,23,24);1H. The number of para-hydroxylation sites is 1. The van der Waals surface area contributed by atoms with E-state index in [1.807, 2.05) is 62.4 Å². The molecule has 0 heterocycles. The van der Waals surface area contributed by atoms with Crippen LogP contribution in [-0.4, -0.2) is 39.4 Å². The third-order valence-electron chi connectivity index (χ3n) is 3.70. The predicted octanol–water partition coefficient (Wildman–Crippen LogP) is 3.85. The summed E-state index contributed by atoms with van der Waals surface area (Å²) in [5.41, 5.74) is 1.05. The SMILES string of the molecule is CCNC(=NCc1ccc(OCC)c(OC)c1)NCCOc1ccccc1.I. The first-order valence-corrected chi connectivity index (χ1v) is 9.26. The van der Waals surface area contributed by atoms with Gasteiger partial charge < -0.3 is 24.8 Å². The highest BCUT2D eigenvalue weighted by Gasteiger charge is 2.05. The van der Waals surface area contributed by atoms with Gasteiger partial charge in [-0.2, -0.15) is 0 Å². The summed E-state index contributed by atoms with van der Waals surface area (Å²) in [6.45, 7) is 7.15. The van der Waals surface area contributed by atoms with Gasteiger partial charge in [0.1, 0.15) is 12.4 Å². The van der Waals surface area contributed by atoms with Crippen LogP contribution in [0, 0.1) is 0 Å². The summed E-state index contributed by atoms with van der Waals surface area (Å²) in [6, 6.07) is 15.6. The maximum atomic E-state index is 5.69. The van der Waals surface area contributed by atoms with Gasteiger partial charge >= 0.3 is 0 Å². The number of aliphatic imine (C=N–C) groups is 1. The second-order valence-corrected chi connectivity index (χ2v) is 5.70. The molecule has 0 saturated heterocycles. The number of guanidine groups is 1. The van der Waals surface area contributed by atoms with Crippen molar-refractivity contribution in [2.24, 2.45) is 4.99 Å². The Morgan fingerprint density at radius 1 is 0.964 bits per heavy atom. The number of hydrogen-bond acceptors (Lipinski definition) is 4. The van der Waals surface area contributed by atoms with Gasteiger partial charge in [-0.25, -0.2) is 4.99 Å². The van der Waals surface area contributed by atoms with E-state index in [0.717, 1.165) is 35.3 Å². The van der Waals surface area contributed by atoms with Crippen LogP contribution in [0.1, 0.15) is 19.4 Å². The first-order valence-electron chi connectivity index (χ1n) is 9.26. The number of halogens is 1. The molecule has 2 rings (SSSR count). The number of rotatable bonds is 10. The first-order chi connectivity index (χ1) is 13.3. The third kappa shape index (κ3) is 8.24. The normalized spacial score (nSPS) is 10.6. The zero-order valence-electron chi connectivity index (χ0n) is 16.7. The van der Waals surface area contributed by atoms with Crippen molar-refractivity contribution >= 4 is 29.9 Å². The van der Waals surface area contributed by atoms with E-state index in [-0.39, 0.29) is 24.0 Å². The van der Waals surface area contributed by atoms with Crippen LogP contribution in [0.25, 0.3) is 0 Å². The van der Waals surface area contributed by atoms with Crippen LogP contribution in [-0.2, 0) is 6.54 Å². The number of hydrogen-bond donors (Lipinski definition) is 2. The van der Waals surface area contributed by atoms with Crippen LogP contribution >= 0.6 is 24.0 Å². The summed E-state index contributed by atoms with van der Waals surface area (Å²) in [4.78, 5) is 4.62. The lowest BCUT2D eigenvalue weighted by Crippen LogP contribution is -2.39. The molecule has 2 aromatic rings. The monoisotopic (exact) mass is 499 g/mol. The van der Waals surface area contributed by atoms with Gasteiger partial charge in [0.15, 0.2) is 17.5 Å². The van der Waals surface area contributed by atoms with E-state index in [4.69, 9.17) is 14.2 Å². The fourth-order valence-corrected chi connectivity index (χ4v) is 2.45. The van der Waals surface area contributed by atoms with Gasteiger partial charge in [0.25, 0.3) is 0 Å². The molecular weight excluding hydrogens is 469 g/mol. The van der Waals surface area contributed by atoms with Crippen LogP contribution in [0.2, 0.25) is 0 Å². The van der Waals surface area contributed by atoms with Gasteiger partial charge in [-0.3, -0.25) is 0 Å². The maximum absolute atomic E-state index is 5.69. The molecule has 0 aliphatic carbocycles. The van der Waals surface area contributed by atoms with Gasteiger partial charge in [-0.05, 0) is 43.7 Å². The van der Waals surface area contributed by atoms with E-state index in [9.17, 15) is 0 Å². The molecule has 0 saturated carbocycles. The van der Waals surface area contributed by atoms with Crippen molar-refractivity contribution in [3.8, 4) is 17.2 Å². The summed E-state index contributed by atoms with van der Waals surface area (Å²) in [5, 5.41) is 6.52. The zero-order chi connectivity index (χ0) is 19.3. The molecular formula is C21H30IN3O3. The average Bonchev–Trinajstić information content (AvgIpc) is 2.71. The number of benzene rings is 2. The molecule has 0 aromatic heterocycles. The maximum Gasteiger partial charge on any atom is 0.191 e. The zero-order valence-corrected chi connectivity index (χ0v) is 19.1. The van der Waals surface area contributed by atoms with Crippen molar-refractivity contribution in [2.45, 2.75) is 20.4 Å². The molecule has 0 radical (unpaired) electrons. The number of nitrogens with zero attached hydrogens (tertiary/aromatic N) is 1. The third-order valence-corrected chi connectivity index (χ3v) is 3.70. The Kier molecular flexibility index (Phi) is 11.9. The summed E-state index contributed by atoms with van der Waals surface area (Å²) in [6.07, 6.45) is 0. The van der Waals surface area contributed by atoms with Gasteiger partial charge in [-0.1, -0.05) is 24.3 Å². The van der Waals surface area contributed by atoms with E-state index >= 15 is 0 Å². The van der Waals surface area contributed by atoms with E-state index < -0.39 is 0 Å². The molecule has 0 fully saturated rings. The van der Waals surface area contributed by atoms with Crippen molar-refractivity contribution in [3.05, 3.63) is 54.1 Å². The highest BCUT2D eigenvalue weighted by molar-refractivity contribution is 14.0. The smallest absolute Gasteiger partial charge is 0.191 e. The minimum atomic E-state index is 0. The van der Waals surface area contributed by atoms with Crippen molar-refractivity contribution < 1.29 is 14.2 Å². The first kappa shape index (κ1) is 23.9. The van der Waals surface area contributed by atoms with Gasteiger partial charge in [0.2, 0.25) is 0 Å². The van der Waals surface area contributed by atoms with Crippen molar-refractivity contribution in [3.63, 3.8) is 0 Å². The molecule has 6 nitrogen and oxygen atoms in total. The highest BCUT2D eigenvalue weighted by Crippen LogP contribution is 2.28. The van der Waals surface area contributed by atoms with E-state index in [1.165, 1.54) is 0 Å². The molecule has 2 N–H and O–H groups in total. The second-order valence-electron chi connectivity index (χ2n) is 5.70. The lowest BCUT2D eigenvalue weighted by Gasteiger charge is -2.13. The summed E-state index contributed by atoms with van der Waals surface area (Å²) in [7, 11) is 1.64. The van der Waals surface area contributed by atoms with Crippen molar-refractivity contribution in [2.75, 3.05) is 33.4 Å². The van der Waals surface area contributed by atoms with Crippen LogP contribution in [0.5, 0.6) is 17.2 Å². The molecule has 0 atom stereocenters. The molecule has 0 aliphatic heterocycles. The Hall–Kier alpha value is -2.16. The highest BCUT2D eigenvalue weighted by atomic mass is 127. The Balaban J connectivity index is 0.00000392. The minimum Gasteiger partial charge on any atom is -0.493 e. The Labute approximate surface area is 184 Å². The van der Waals surface area contributed by atoms with Gasteiger partial charge in [0.05, 0.1) is 26.8 Å². The summed E-state index contributed by atoms with van der Waals surface area (Å²) >= 11 is 0. The summed E-state index contributed by atoms with van der Waals surface area (Å²) < 4.78 is 16.6. The predicted molar refractivity (Wildman–Crippen MR) is 124 cm³/mol. The van der Waals surface area contributed by atoms with Crippen LogP contribution < -0.4 is 24.8 Å². The number of ether oxygens (including phenoxy) is 3. The molecule has 0 unspecified atom stereocenters. The molecule has 7 heteroatoms. The number of methoxy groups -OCH3 is 1. The van der Waals surface area contributed by atoms with Gasteiger partial charge in [0, 0.05) is 6.54 Å². The Morgan fingerprint density at radius 3 is 2.43 bits per heavy atom. The van der Waals surface area contributed by atoms with Crippen molar-refractivity contribution in [1.82, 2.24) is 10.6 Å². The van der Waals surface area contributed by atoms with E-state index in [2.05, 4.69) is 15.6 Å². The fourth-order valence-electron chi connectivity index (χ4n) is 2.45. The molecule has 0 aliphatic rings. The average molecular weight is 499 g/mol. The minimum absolute atomic E-state index is 0. The van der Waals surface area contributed by atoms with Crippen molar-refractivity contribution in [1.29, 1.82) is 0 Å². The molecule has 2 aromatic carbocycles. The molecule has 154 valence electrons.